The first-order valence-corrected chi connectivity index (χ1v) is 5.62. The summed E-state index contributed by atoms with van der Waals surface area (Å²) in [6.45, 7) is 2.11. The van der Waals surface area contributed by atoms with Crippen LogP contribution < -0.4 is 0 Å². The second kappa shape index (κ2) is 4.83. The Morgan fingerprint density at radius 1 is 1.33 bits per heavy atom. The lowest BCUT2D eigenvalue weighted by Gasteiger charge is -1.96. The molecule has 0 heterocycles. The van der Waals surface area contributed by atoms with E-state index in [0.717, 1.165) is 9.80 Å². The molecule has 0 N–H and O–H groups in total. The lowest BCUT2D eigenvalue weighted by Crippen LogP contribution is -1.77. The number of hydrogen-bond donors (Lipinski definition) is 0. The fourth-order valence-corrected chi connectivity index (χ4v) is 1.31. The largest absolute Gasteiger partial charge is 0.0880 e. The summed E-state index contributed by atoms with van der Waals surface area (Å²) in [5.74, 6) is 0. The minimum atomic E-state index is 0.934. The Balaban J connectivity index is 2.84. The average molecular weight is 290 g/mol. The van der Waals surface area contributed by atoms with E-state index in [2.05, 4.69) is 57.0 Å². The lowest BCUT2D eigenvalue weighted by atomic mass is 10.2. The van der Waals surface area contributed by atoms with E-state index in [-0.39, 0.29) is 0 Å². The van der Waals surface area contributed by atoms with Crippen molar-refractivity contribution in [1.82, 2.24) is 0 Å². The van der Waals surface area contributed by atoms with Crippen LogP contribution in [0, 0.1) is 0 Å². The molecule has 0 spiro atoms. The van der Waals surface area contributed by atoms with Crippen LogP contribution in [0.25, 0.3) is 6.08 Å². The Morgan fingerprint density at radius 3 is 2.42 bits per heavy atom. The Morgan fingerprint density at radius 2 is 1.92 bits per heavy atom. The van der Waals surface area contributed by atoms with Crippen molar-refractivity contribution in [3.05, 3.63) is 39.9 Å². The molecule has 0 fully saturated rings. The van der Waals surface area contributed by atoms with Crippen LogP contribution in [0.5, 0.6) is 0 Å². The topological polar surface area (TPSA) is 0 Å². The maximum atomic E-state index is 3.41. The molecule has 2 heteroatoms. The standard InChI is InChI=1S/C10H10Br2/c1-8(7-11)6-9-2-4-10(12)5-3-9/h2-6H,7H2,1H3. The number of halogens is 2. The highest BCUT2D eigenvalue weighted by atomic mass is 79.9. The Bertz CT molecular complexity index is 272. The van der Waals surface area contributed by atoms with E-state index in [1.165, 1.54) is 11.1 Å². The zero-order valence-electron chi connectivity index (χ0n) is 6.85. The third kappa shape index (κ3) is 3.11. The smallest absolute Gasteiger partial charge is 0.0242 e. The second-order valence-corrected chi connectivity index (χ2v) is 4.15. The molecule has 0 nitrogen and oxygen atoms in total. The van der Waals surface area contributed by atoms with Crippen molar-refractivity contribution >= 4 is 37.9 Å². The molecule has 64 valence electrons. The molecule has 0 bridgehead atoms. The van der Waals surface area contributed by atoms with Crippen LogP contribution in [0.1, 0.15) is 12.5 Å². The highest BCUT2D eigenvalue weighted by Gasteiger charge is 1.89. The summed E-state index contributed by atoms with van der Waals surface area (Å²) >= 11 is 6.81. The summed E-state index contributed by atoms with van der Waals surface area (Å²) < 4.78 is 1.12. The number of benzene rings is 1. The molecule has 0 aliphatic rings. The monoisotopic (exact) mass is 288 g/mol. The summed E-state index contributed by atoms with van der Waals surface area (Å²) in [6, 6.07) is 8.28. The quantitative estimate of drug-likeness (QED) is 0.714. The maximum absolute atomic E-state index is 3.41. The van der Waals surface area contributed by atoms with E-state index in [1.807, 2.05) is 12.1 Å². The molecule has 0 atom stereocenters. The normalized spacial score (nSPS) is 11.8. The van der Waals surface area contributed by atoms with Gasteiger partial charge in [-0.1, -0.05) is 55.6 Å². The van der Waals surface area contributed by atoms with Crippen molar-refractivity contribution in [2.24, 2.45) is 0 Å². The van der Waals surface area contributed by atoms with Crippen LogP contribution >= 0.6 is 31.9 Å². The Hall–Kier alpha value is -0.0800. The molecule has 0 aliphatic carbocycles. The zero-order valence-corrected chi connectivity index (χ0v) is 10.0. The zero-order chi connectivity index (χ0) is 8.97. The van der Waals surface area contributed by atoms with Crippen molar-refractivity contribution in [1.29, 1.82) is 0 Å². The van der Waals surface area contributed by atoms with E-state index in [9.17, 15) is 0 Å². The van der Waals surface area contributed by atoms with Crippen LogP contribution in [0.2, 0.25) is 0 Å². The van der Waals surface area contributed by atoms with Gasteiger partial charge in [0.2, 0.25) is 0 Å². The molecule has 0 radical (unpaired) electrons. The van der Waals surface area contributed by atoms with E-state index in [0.29, 0.717) is 0 Å². The van der Waals surface area contributed by atoms with Crippen LogP contribution in [0.3, 0.4) is 0 Å². The minimum Gasteiger partial charge on any atom is -0.0880 e. The van der Waals surface area contributed by atoms with Gasteiger partial charge >= 0.3 is 0 Å². The molecule has 0 unspecified atom stereocenters. The molecule has 12 heavy (non-hydrogen) atoms. The fourth-order valence-electron chi connectivity index (χ4n) is 0.882. The molecular formula is C10H10Br2. The van der Waals surface area contributed by atoms with Gasteiger partial charge < -0.3 is 0 Å². The van der Waals surface area contributed by atoms with Gasteiger partial charge in [-0.3, -0.25) is 0 Å². The number of alkyl halides is 1. The predicted octanol–water partition coefficient (Wildman–Crippen LogP) is 4.25. The third-order valence-electron chi connectivity index (χ3n) is 1.49. The van der Waals surface area contributed by atoms with Gasteiger partial charge in [0, 0.05) is 9.80 Å². The van der Waals surface area contributed by atoms with E-state index >= 15 is 0 Å². The van der Waals surface area contributed by atoms with Crippen LogP contribution in [-0.4, -0.2) is 5.33 Å². The predicted molar refractivity (Wildman–Crippen MR) is 61.6 cm³/mol. The van der Waals surface area contributed by atoms with Crippen LogP contribution in [0.15, 0.2) is 34.3 Å². The molecule has 0 saturated heterocycles. The molecule has 1 aromatic carbocycles. The van der Waals surface area contributed by atoms with Gasteiger partial charge in [0.15, 0.2) is 0 Å². The van der Waals surface area contributed by atoms with Gasteiger partial charge in [-0.05, 0) is 24.6 Å². The molecule has 1 aromatic rings. The lowest BCUT2D eigenvalue weighted by molar-refractivity contribution is 1.45. The first-order chi connectivity index (χ1) is 5.72. The van der Waals surface area contributed by atoms with Gasteiger partial charge in [0.05, 0.1) is 0 Å². The van der Waals surface area contributed by atoms with Gasteiger partial charge in [-0.15, -0.1) is 0 Å². The first kappa shape index (κ1) is 10.0. The number of allylic oxidation sites excluding steroid dienone is 1. The molecular weight excluding hydrogens is 280 g/mol. The molecule has 0 aromatic heterocycles. The second-order valence-electron chi connectivity index (χ2n) is 2.68. The van der Waals surface area contributed by atoms with Crippen LogP contribution in [0.4, 0.5) is 0 Å². The molecule has 0 amide bonds. The Labute approximate surface area is 89.9 Å². The van der Waals surface area contributed by atoms with E-state index in [4.69, 9.17) is 0 Å². The number of rotatable bonds is 2. The van der Waals surface area contributed by atoms with Crippen molar-refractivity contribution in [2.75, 3.05) is 5.33 Å². The highest BCUT2D eigenvalue weighted by molar-refractivity contribution is 9.10. The highest BCUT2D eigenvalue weighted by Crippen LogP contribution is 2.13. The summed E-state index contributed by atoms with van der Waals surface area (Å²) in [6.07, 6.45) is 2.17. The summed E-state index contributed by atoms with van der Waals surface area (Å²) in [5, 5.41) is 0.934. The maximum Gasteiger partial charge on any atom is 0.0242 e. The summed E-state index contributed by atoms with van der Waals surface area (Å²) in [5.41, 5.74) is 2.58. The molecule has 0 aliphatic heterocycles. The summed E-state index contributed by atoms with van der Waals surface area (Å²) in [7, 11) is 0. The van der Waals surface area contributed by atoms with Crippen molar-refractivity contribution in [3.8, 4) is 0 Å². The first-order valence-electron chi connectivity index (χ1n) is 3.71. The molecule has 0 saturated carbocycles. The van der Waals surface area contributed by atoms with Crippen LogP contribution in [-0.2, 0) is 0 Å². The van der Waals surface area contributed by atoms with Gasteiger partial charge in [-0.25, -0.2) is 0 Å². The third-order valence-corrected chi connectivity index (χ3v) is 2.91. The van der Waals surface area contributed by atoms with Crippen molar-refractivity contribution < 1.29 is 0 Å². The van der Waals surface area contributed by atoms with E-state index in [1.54, 1.807) is 0 Å². The number of hydrogen-bond acceptors (Lipinski definition) is 0. The van der Waals surface area contributed by atoms with Gasteiger partial charge in [0.1, 0.15) is 0 Å². The van der Waals surface area contributed by atoms with Gasteiger partial charge in [-0.2, -0.15) is 0 Å². The van der Waals surface area contributed by atoms with Gasteiger partial charge in [0.25, 0.3) is 0 Å². The van der Waals surface area contributed by atoms with Crippen molar-refractivity contribution in [3.63, 3.8) is 0 Å². The fraction of sp³-hybridized carbons (Fsp3) is 0.200. The molecule has 1 rings (SSSR count). The average Bonchev–Trinajstić information content (AvgIpc) is 2.09. The SMILES string of the molecule is CC(=Cc1ccc(Br)cc1)CBr. The minimum absolute atomic E-state index is 0.934. The summed E-state index contributed by atoms with van der Waals surface area (Å²) in [4.78, 5) is 0. The Kier molecular flexibility index (Phi) is 4.02. The van der Waals surface area contributed by atoms with E-state index < -0.39 is 0 Å². The van der Waals surface area contributed by atoms with Crippen molar-refractivity contribution in [2.45, 2.75) is 6.92 Å².